The number of fused-ring (bicyclic) bond motifs is 5. The highest BCUT2D eigenvalue weighted by atomic mass is 32.2. The Bertz CT molecular complexity index is 685. The minimum absolute atomic E-state index is 0.0561. The van der Waals surface area contributed by atoms with Crippen LogP contribution in [0.4, 0.5) is 0 Å². The van der Waals surface area contributed by atoms with Crippen molar-refractivity contribution >= 4 is 17.3 Å². The molecule has 7 heteroatoms. The highest BCUT2D eigenvalue weighted by Gasteiger charge is 2.60. The summed E-state index contributed by atoms with van der Waals surface area (Å²) < 4.78 is 20.6. The summed E-state index contributed by atoms with van der Waals surface area (Å²) in [5.41, 5.74) is 0.882. The fraction of sp³-hybridized carbons (Fsp3) is 0.960. The van der Waals surface area contributed by atoms with E-state index in [0.717, 1.165) is 50.0 Å². The molecule has 0 aromatic carbocycles. The number of aliphatic hydroxyl groups excluding tert-OH is 1. The zero-order valence-corrected chi connectivity index (χ0v) is 21.1. The SMILES string of the molecule is COS(=O)O.C[C@H](CCC(=O)O)[C@H]1CC[C@H]2C3CCC4C[C@H](O)CCC4(C)C3CCC12C. The van der Waals surface area contributed by atoms with Crippen molar-refractivity contribution in [1.29, 1.82) is 0 Å². The van der Waals surface area contributed by atoms with Gasteiger partial charge < -0.3 is 10.2 Å². The maximum absolute atomic E-state index is 11.0. The average Bonchev–Trinajstić information content (AvgIpc) is 3.10. The second-order valence-electron chi connectivity index (χ2n) is 11.6. The zero-order valence-electron chi connectivity index (χ0n) is 20.3. The highest BCUT2D eigenvalue weighted by Crippen LogP contribution is 2.68. The highest BCUT2D eigenvalue weighted by molar-refractivity contribution is 7.74. The van der Waals surface area contributed by atoms with E-state index >= 15 is 0 Å². The van der Waals surface area contributed by atoms with Crippen LogP contribution in [0.2, 0.25) is 0 Å². The molecule has 186 valence electrons. The number of rotatable bonds is 5. The quantitative estimate of drug-likeness (QED) is 0.471. The summed E-state index contributed by atoms with van der Waals surface area (Å²) in [6.45, 7) is 7.43. The van der Waals surface area contributed by atoms with E-state index in [9.17, 15) is 14.1 Å². The Morgan fingerprint density at radius 2 is 1.69 bits per heavy atom. The van der Waals surface area contributed by atoms with Crippen LogP contribution >= 0.6 is 0 Å². The van der Waals surface area contributed by atoms with Crippen LogP contribution < -0.4 is 0 Å². The molecular formula is C25H44O6S. The fourth-order valence-corrected chi connectivity index (χ4v) is 8.76. The van der Waals surface area contributed by atoms with E-state index in [1.165, 1.54) is 44.9 Å². The van der Waals surface area contributed by atoms with E-state index in [4.69, 9.17) is 9.66 Å². The third-order valence-electron chi connectivity index (χ3n) is 10.4. The second-order valence-corrected chi connectivity index (χ2v) is 12.4. The molecule has 32 heavy (non-hydrogen) atoms. The molecule has 0 heterocycles. The molecule has 4 aliphatic carbocycles. The molecule has 4 rings (SSSR count). The predicted octanol–water partition coefficient (Wildman–Crippen LogP) is 5.28. The van der Waals surface area contributed by atoms with Crippen molar-refractivity contribution < 1.29 is 28.0 Å². The van der Waals surface area contributed by atoms with Crippen LogP contribution in [0.25, 0.3) is 0 Å². The van der Waals surface area contributed by atoms with Gasteiger partial charge in [-0.2, -0.15) is 4.21 Å². The topological polar surface area (TPSA) is 104 Å². The Labute approximate surface area is 196 Å². The normalized spacial score (nSPS) is 44.8. The molecule has 6 nitrogen and oxygen atoms in total. The van der Waals surface area contributed by atoms with Gasteiger partial charge in [-0.25, -0.2) is 0 Å². The summed E-state index contributed by atoms with van der Waals surface area (Å²) in [6.07, 6.45) is 12.4. The number of hydrogen-bond acceptors (Lipinski definition) is 4. The molecular weight excluding hydrogens is 428 g/mol. The fourth-order valence-electron chi connectivity index (χ4n) is 8.76. The first-order valence-electron chi connectivity index (χ1n) is 12.6. The number of aliphatic carboxylic acids is 1. The smallest absolute Gasteiger partial charge is 0.303 e. The number of carboxylic acid groups (broad SMARTS) is 1. The third kappa shape index (κ3) is 5.11. The van der Waals surface area contributed by atoms with E-state index in [0.29, 0.717) is 29.1 Å². The van der Waals surface area contributed by atoms with E-state index in [-0.39, 0.29) is 6.10 Å². The lowest BCUT2D eigenvalue weighted by molar-refractivity contribution is -0.138. The lowest BCUT2D eigenvalue weighted by Gasteiger charge is -2.61. The number of hydrogen-bond donors (Lipinski definition) is 3. The summed E-state index contributed by atoms with van der Waals surface area (Å²) in [4.78, 5) is 11.0. The largest absolute Gasteiger partial charge is 0.481 e. The molecule has 4 fully saturated rings. The van der Waals surface area contributed by atoms with Crippen LogP contribution in [0.3, 0.4) is 0 Å². The summed E-state index contributed by atoms with van der Waals surface area (Å²) in [7, 11) is 1.15. The van der Waals surface area contributed by atoms with Gasteiger partial charge in [-0.1, -0.05) is 20.8 Å². The Hall–Kier alpha value is -0.500. The number of aliphatic hydroxyl groups is 1. The molecule has 4 aliphatic rings. The van der Waals surface area contributed by atoms with Crippen molar-refractivity contribution in [2.45, 2.75) is 97.5 Å². The summed E-state index contributed by atoms with van der Waals surface area (Å²) in [6, 6.07) is 0. The molecule has 4 saturated carbocycles. The van der Waals surface area contributed by atoms with E-state index in [2.05, 4.69) is 25.0 Å². The van der Waals surface area contributed by atoms with Crippen molar-refractivity contribution in [3.05, 3.63) is 0 Å². The molecule has 0 amide bonds. The Morgan fingerprint density at radius 1 is 1.06 bits per heavy atom. The Balaban J connectivity index is 0.000000523. The van der Waals surface area contributed by atoms with Crippen LogP contribution in [0.15, 0.2) is 0 Å². The van der Waals surface area contributed by atoms with Gasteiger partial charge >= 0.3 is 17.3 Å². The minimum Gasteiger partial charge on any atom is -0.481 e. The van der Waals surface area contributed by atoms with Gasteiger partial charge in [0.2, 0.25) is 0 Å². The molecule has 0 aliphatic heterocycles. The van der Waals surface area contributed by atoms with Gasteiger partial charge in [-0.05, 0) is 111 Å². The Morgan fingerprint density at radius 3 is 2.31 bits per heavy atom. The monoisotopic (exact) mass is 472 g/mol. The number of carboxylic acids is 1. The molecule has 0 aromatic rings. The minimum atomic E-state index is -2.07. The van der Waals surface area contributed by atoms with Gasteiger partial charge in [0.15, 0.2) is 0 Å². The van der Waals surface area contributed by atoms with Gasteiger partial charge in [0, 0.05) is 6.42 Å². The van der Waals surface area contributed by atoms with Crippen molar-refractivity contribution in [1.82, 2.24) is 0 Å². The van der Waals surface area contributed by atoms with Gasteiger partial charge in [0.25, 0.3) is 0 Å². The first kappa shape index (κ1) is 26.1. The first-order chi connectivity index (χ1) is 15.0. The average molecular weight is 473 g/mol. The first-order valence-corrected chi connectivity index (χ1v) is 13.6. The lowest BCUT2D eigenvalue weighted by atomic mass is 9.44. The summed E-state index contributed by atoms with van der Waals surface area (Å²) in [5, 5.41) is 19.3. The lowest BCUT2D eigenvalue weighted by Crippen LogP contribution is -2.54. The van der Waals surface area contributed by atoms with E-state index in [1.54, 1.807) is 0 Å². The Kier molecular flexibility index (Phi) is 8.49. The number of carbonyl (C=O) groups is 1. The standard InChI is InChI=1S/C24H40O3.CH4O3S/c1-15(4-9-22(26)27)19-7-8-20-18-6-5-16-14-17(25)10-12-23(16,2)21(18)11-13-24(19,20)3;1-4-5(2)3/h15-21,25H,4-14H2,1-3H3,(H,26,27);1H3,(H,2,3)/t15-,16?,17-,18?,19-,20+,21?,23?,24?;/m1./s1. The summed E-state index contributed by atoms with van der Waals surface area (Å²) >= 11 is -2.07. The van der Waals surface area contributed by atoms with Crippen molar-refractivity contribution in [2.24, 2.45) is 46.3 Å². The molecule has 0 saturated heterocycles. The molecule has 6 unspecified atom stereocenters. The predicted molar refractivity (Wildman–Crippen MR) is 125 cm³/mol. The van der Waals surface area contributed by atoms with Gasteiger partial charge in [-0.3, -0.25) is 13.5 Å². The molecule has 0 bridgehead atoms. The van der Waals surface area contributed by atoms with Crippen LogP contribution in [-0.2, 0) is 20.3 Å². The van der Waals surface area contributed by atoms with Crippen LogP contribution in [0.5, 0.6) is 0 Å². The second kappa shape index (κ2) is 10.4. The van der Waals surface area contributed by atoms with Crippen molar-refractivity contribution in [3.63, 3.8) is 0 Å². The van der Waals surface area contributed by atoms with Crippen LogP contribution in [-0.4, -0.2) is 38.2 Å². The van der Waals surface area contributed by atoms with Crippen LogP contribution in [0.1, 0.15) is 91.4 Å². The van der Waals surface area contributed by atoms with Crippen molar-refractivity contribution in [3.8, 4) is 0 Å². The van der Waals surface area contributed by atoms with Gasteiger partial charge in [0.1, 0.15) is 0 Å². The van der Waals surface area contributed by atoms with E-state index in [1.807, 2.05) is 0 Å². The maximum atomic E-state index is 11.0. The molecule has 0 radical (unpaired) electrons. The zero-order chi connectivity index (χ0) is 23.7. The molecule has 0 spiro atoms. The van der Waals surface area contributed by atoms with Crippen LogP contribution in [0, 0.1) is 46.3 Å². The summed E-state index contributed by atoms with van der Waals surface area (Å²) in [5.74, 6) is 3.91. The van der Waals surface area contributed by atoms with Gasteiger partial charge in [0.05, 0.1) is 13.2 Å². The molecule has 3 N–H and O–H groups in total. The molecule has 0 aromatic heterocycles. The van der Waals surface area contributed by atoms with Crippen molar-refractivity contribution in [2.75, 3.05) is 7.11 Å². The van der Waals surface area contributed by atoms with Gasteiger partial charge in [-0.15, -0.1) is 0 Å². The van der Waals surface area contributed by atoms with E-state index < -0.39 is 17.3 Å². The molecule has 10 atom stereocenters. The third-order valence-corrected chi connectivity index (χ3v) is 10.6. The maximum Gasteiger partial charge on any atom is 0.303 e.